The molecule has 0 bridgehead atoms. The van der Waals surface area contributed by atoms with Crippen LogP contribution in [0.5, 0.6) is 11.5 Å². The highest BCUT2D eigenvalue weighted by atomic mass is 32.1. The quantitative estimate of drug-likeness (QED) is 0.506. The van der Waals surface area contributed by atoms with E-state index in [0.29, 0.717) is 12.2 Å². The molecule has 0 fully saturated rings. The molecule has 1 amide bonds. The van der Waals surface area contributed by atoms with Crippen LogP contribution in [0.1, 0.15) is 4.88 Å². The van der Waals surface area contributed by atoms with Gasteiger partial charge in [0.15, 0.2) is 5.82 Å². The number of H-pyrrole nitrogens is 1. The average molecular weight is 393 g/mol. The van der Waals surface area contributed by atoms with E-state index in [0.717, 1.165) is 38.4 Å². The number of aromatic amines is 1. The van der Waals surface area contributed by atoms with Crippen molar-refractivity contribution in [1.29, 1.82) is 0 Å². The second-order valence-corrected chi connectivity index (χ2v) is 7.24. The second-order valence-electron chi connectivity index (χ2n) is 6.20. The number of fused-ring (bicyclic) bond motifs is 1. The number of hydrogen-bond donors (Lipinski definition) is 2. The molecule has 4 aromatic rings. The van der Waals surface area contributed by atoms with Crippen molar-refractivity contribution in [2.24, 2.45) is 0 Å². The molecule has 0 saturated carbocycles. The smallest absolute Gasteiger partial charge is 0.230 e. The molecule has 0 aliphatic carbocycles. The summed E-state index contributed by atoms with van der Waals surface area (Å²) in [5.74, 6) is 1.95. The molecule has 28 heavy (non-hydrogen) atoms. The van der Waals surface area contributed by atoms with Gasteiger partial charge in [0.05, 0.1) is 26.2 Å². The van der Waals surface area contributed by atoms with Crippen molar-refractivity contribution in [3.8, 4) is 22.6 Å². The van der Waals surface area contributed by atoms with E-state index in [1.165, 1.54) is 0 Å². The number of amides is 1. The first kappa shape index (κ1) is 18.1. The minimum atomic E-state index is -0.0885. The normalized spacial score (nSPS) is 10.8. The summed E-state index contributed by atoms with van der Waals surface area (Å²) in [6, 6.07) is 15.4. The number of anilines is 1. The molecule has 2 aromatic carbocycles. The van der Waals surface area contributed by atoms with E-state index in [9.17, 15) is 4.79 Å². The van der Waals surface area contributed by atoms with Gasteiger partial charge in [-0.25, -0.2) is 0 Å². The zero-order chi connectivity index (χ0) is 19.5. The van der Waals surface area contributed by atoms with Crippen molar-refractivity contribution in [2.45, 2.75) is 6.42 Å². The molecule has 0 saturated heterocycles. The van der Waals surface area contributed by atoms with Crippen molar-refractivity contribution in [3.63, 3.8) is 0 Å². The van der Waals surface area contributed by atoms with Crippen LogP contribution >= 0.6 is 11.3 Å². The molecule has 0 atom stereocenters. The highest BCUT2D eigenvalue weighted by Crippen LogP contribution is 2.35. The molecule has 6 nitrogen and oxygen atoms in total. The molecule has 4 rings (SSSR count). The van der Waals surface area contributed by atoms with E-state index in [1.54, 1.807) is 25.6 Å². The maximum Gasteiger partial charge on any atom is 0.230 e. The number of nitrogens with zero attached hydrogens (tertiary/aromatic N) is 1. The minimum Gasteiger partial charge on any atom is -0.497 e. The summed E-state index contributed by atoms with van der Waals surface area (Å²) in [6.07, 6.45) is 0.338. The summed E-state index contributed by atoms with van der Waals surface area (Å²) in [5, 5.41) is 13.0. The number of nitrogens with one attached hydrogen (secondary N) is 2. The van der Waals surface area contributed by atoms with E-state index in [2.05, 4.69) is 15.5 Å². The number of rotatable bonds is 6. The zero-order valence-electron chi connectivity index (χ0n) is 15.5. The third kappa shape index (κ3) is 3.57. The molecule has 2 heterocycles. The van der Waals surface area contributed by atoms with Crippen LogP contribution in [0.3, 0.4) is 0 Å². The molecule has 0 unspecified atom stereocenters. The Bertz CT molecular complexity index is 1120. The van der Waals surface area contributed by atoms with E-state index < -0.39 is 0 Å². The third-order valence-corrected chi connectivity index (χ3v) is 5.33. The first-order chi connectivity index (χ1) is 13.7. The van der Waals surface area contributed by atoms with E-state index in [-0.39, 0.29) is 5.91 Å². The number of hydrogen-bond acceptors (Lipinski definition) is 5. The Hall–Kier alpha value is -3.32. The van der Waals surface area contributed by atoms with Crippen molar-refractivity contribution in [2.75, 3.05) is 19.5 Å². The van der Waals surface area contributed by atoms with Crippen LogP contribution < -0.4 is 14.8 Å². The molecular weight excluding hydrogens is 374 g/mol. The summed E-state index contributed by atoms with van der Waals surface area (Å²) in [7, 11) is 3.27. The van der Waals surface area contributed by atoms with E-state index >= 15 is 0 Å². The van der Waals surface area contributed by atoms with Gasteiger partial charge in [0.1, 0.15) is 11.5 Å². The fourth-order valence-corrected chi connectivity index (χ4v) is 3.77. The standard InChI is InChI=1S/C21H19N3O3S/c1-26-14-6-8-19(27-2)17(11-14)13-5-7-16-18(10-13)23-24-21(16)22-20(25)12-15-4-3-9-28-15/h3-11H,12H2,1-2H3,(H2,22,23,24,25). The Kier molecular flexibility index (Phi) is 4.99. The van der Waals surface area contributed by atoms with Gasteiger partial charge < -0.3 is 14.8 Å². The fourth-order valence-electron chi connectivity index (χ4n) is 3.07. The molecular formula is C21H19N3O3S. The van der Waals surface area contributed by atoms with E-state index in [1.807, 2.05) is 53.9 Å². The monoisotopic (exact) mass is 393 g/mol. The van der Waals surface area contributed by atoms with Crippen molar-refractivity contribution < 1.29 is 14.3 Å². The van der Waals surface area contributed by atoms with Gasteiger partial charge in [-0.2, -0.15) is 5.10 Å². The molecule has 0 radical (unpaired) electrons. The second kappa shape index (κ2) is 7.74. The lowest BCUT2D eigenvalue weighted by Gasteiger charge is -2.11. The van der Waals surface area contributed by atoms with Gasteiger partial charge in [0, 0.05) is 15.8 Å². The Morgan fingerprint density at radius 3 is 2.79 bits per heavy atom. The van der Waals surface area contributed by atoms with Crippen LogP contribution in [0.4, 0.5) is 5.82 Å². The molecule has 0 spiro atoms. The van der Waals surface area contributed by atoms with Crippen LogP contribution in [-0.2, 0) is 11.2 Å². The van der Waals surface area contributed by atoms with Gasteiger partial charge in [0.25, 0.3) is 0 Å². The number of carbonyl (C=O) groups excluding carboxylic acids is 1. The summed E-state index contributed by atoms with van der Waals surface area (Å²) in [4.78, 5) is 13.3. The molecule has 0 aliphatic heterocycles. The maximum atomic E-state index is 12.3. The van der Waals surface area contributed by atoms with Gasteiger partial charge in [-0.1, -0.05) is 12.1 Å². The Balaban J connectivity index is 1.62. The number of benzene rings is 2. The Labute approximate surface area is 166 Å². The van der Waals surface area contributed by atoms with Gasteiger partial charge in [0.2, 0.25) is 5.91 Å². The predicted octanol–water partition coefficient (Wildman–Crippen LogP) is 4.49. The van der Waals surface area contributed by atoms with Gasteiger partial charge in [-0.3, -0.25) is 9.89 Å². The van der Waals surface area contributed by atoms with Crippen LogP contribution in [0, 0.1) is 0 Å². The van der Waals surface area contributed by atoms with Crippen LogP contribution in [0.15, 0.2) is 53.9 Å². The number of methoxy groups -OCH3 is 2. The third-order valence-electron chi connectivity index (χ3n) is 4.45. The summed E-state index contributed by atoms with van der Waals surface area (Å²) >= 11 is 1.56. The van der Waals surface area contributed by atoms with Crippen molar-refractivity contribution in [3.05, 3.63) is 58.8 Å². The minimum absolute atomic E-state index is 0.0885. The number of carbonyl (C=O) groups is 1. The molecule has 142 valence electrons. The zero-order valence-corrected chi connectivity index (χ0v) is 16.3. The lowest BCUT2D eigenvalue weighted by molar-refractivity contribution is -0.115. The Morgan fingerprint density at radius 2 is 2.04 bits per heavy atom. The first-order valence-corrected chi connectivity index (χ1v) is 9.58. The topological polar surface area (TPSA) is 76.2 Å². The molecule has 0 aliphatic rings. The number of thiophene rings is 1. The summed E-state index contributed by atoms with van der Waals surface area (Å²) in [5.41, 5.74) is 2.71. The molecule has 2 N–H and O–H groups in total. The van der Waals surface area contributed by atoms with Crippen molar-refractivity contribution in [1.82, 2.24) is 10.2 Å². The number of ether oxygens (including phenoxy) is 2. The van der Waals surface area contributed by atoms with Gasteiger partial charge >= 0.3 is 0 Å². The number of aromatic nitrogens is 2. The SMILES string of the molecule is COc1ccc(OC)c(-c2ccc3c(NC(=O)Cc4cccs4)n[nH]c3c2)c1. The lowest BCUT2D eigenvalue weighted by Crippen LogP contribution is -2.14. The van der Waals surface area contributed by atoms with E-state index in [4.69, 9.17) is 9.47 Å². The van der Waals surface area contributed by atoms with Crippen LogP contribution in [-0.4, -0.2) is 30.3 Å². The predicted molar refractivity (Wildman–Crippen MR) is 111 cm³/mol. The average Bonchev–Trinajstić information content (AvgIpc) is 3.37. The fraction of sp³-hybridized carbons (Fsp3) is 0.143. The summed E-state index contributed by atoms with van der Waals surface area (Å²) in [6.45, 7) is 0. The Morgan fingerprint density at radius 1 is 1.14 bits per heavy atom. The molecule has 7 heteroatoms. The maximum absolute atomic E-state index is 12.3. The summed E-state index contributed by atoms with van der Waals surface area (Å²) < 4.78 is 10.8. The van der Waals surface area contributed by atoms with Crippen LogP contribution in [0.2, 0.25) is 0 Å². The van der Waals surface area contributed by atoms with Gasteiger partial charge in [-0.05, 0) is 47.3 Å². The largest absolute Gasteiger partial charge is 0.497 e. The molecule has 2 aromatic heterocycles. The van der Waals surface area contributed by atoms with Crippen LogP contribution in [0.25, 0.3) is 22.0 Å². The highest BCUT2D eigenvalue weighted by molar-refractivity contribution is 7.10. The lowest BCUT2D eigenvalue weighted by atomic mass is 10.0. The van der Waals surface area contributed by atoms with Crippen molar-refractivity contribution >= 4 is 34.0 Å². The first-order valence-electron chi connectivity index (χ1n) is 8.70. The van der Waals surface area contributed by atoms with Gasteiger partial charge in [-0.15, -0.1) is 11.3 Å². The highest BCUT2D eigenvalue weighted by Gasteiger charge is 2.13.